The van der Waals surface area contributed by atoms with E-state index in [-0.39, 0.29) is 29.3 Å². The molecule has 0 fully saturated rings. The highest BCUT2D eigenvalue weighted by Crippen LogP contribution is 2.41. The van der Waals surface area contributed by atoms with Crippen molar-refractivity contribution < 1.29 is 35.9 Å². The third kappa shape index (κ3) is 5.46. The van der Waals surface area contributed by atoms with Crippen LogP contribution in [0.5, 0.6) is 5.75 Å². The SMILES string of the molecule is CCn1nc(C)c(CC(=O)c2c(C)nc3c(OCCC(C(F)(F)F)C(F)(F)F)cc(C)cn23)c1C. The van der Waals surface area contributed by atoms with Crippen molar-refractivity contribution >= 4 is 11.4 Å². The topological polar surface area (TPSA) is 61.4 Å². The summed E-state index contributed by atoms with van der Waals surface area (Å²) in [6.45, 7) is 8.73. The van der Waals surface area contributed by atoms with E-state index in [1.165, 1.54) is 10.5 Å². The summed E-state index contributed by atoms with van der Waals surface area (Å²) in [6.07, 6.45) is -10.5. The Morgan fingerprint density at radius 3 is 2.23 bits per heavy atom. The number of aromatic nitrogens is 4. The molecular formula is C23H26F6N4O2. The maximum atomic E-state index is 13.3. The molecule has 192 valence electrons. The van der Waals surface area contributed by atoms with E-state index in [9.17, 15) is 31.1 Å². The lowest BCUT2D eigenvalue weighted by Gasteiger charge is -2.22. The Kier molecular flexibility index (Phi) is 7.24. The van der Waals surface area contributed by atoms with Crippen molar-refractivity contribution in [3.05, 3.63) is 46.2 Å². The van der Waals surface area contributed by atoms with Gasteiger partial charge in [0.1, 0.15) is 5.69 Å². The van der Waals surface area contributed by atoms with Crippen LogP contribution in [-0.2, 0) is 13.0 Å². The second-order valence-corrected chi connectivity index (χ2v) is 8.46. The minimum Gasteiger partial charge on any atom is -0.490 e. The molecule has 35 heavy (non-hydrogen) atoms. The van der Waals surface area contributed by atoms with Gasteiger partial charge in [-0.2, -0.15) is 31.4 Å². The molecule has 12 heteroatoms. The van der Waals surface area contributed by atoms with Crippen molar-refractivity contribution in [3.63, 3.8) is 0 Å². The van der Waals surface area contributed by atoms with Gasteiger partial charge in [0.05, 0.1) is 18.0 Å². The normalized spacial score (nSPS) is 12.7. The van der Waals surface area contributed by atoms with Gasteiger partial charge in [0.15, 0.2) is 23.1 Å². The fourth-order valence-corrected chi connectivity index (χ4v) is 4.14. The van der Waals surface area contributed by atoms with E-state index in [1.807, 2.05) is 20.8 Å². The van der Waals surface area contributed by atoms with Gasteiger partial charge >= 0.3 is 12.4 Å². The van der Waals surface area contributed by atoms with Gasteiger partial charge in [-0.15, -0.1) is 0 Å². The average molecular weight is 504 g/mol. The van der Waals surface area contributed by atoms with E-state index in [0.29, 0.717) is 17.8 Å². The minimum atomic E-state index is -5.44. The van der Waals surface area contributed by atoms with Crippen molar-refractivity contribution in [3.8, 4) is 5.75 Å². The number of fused-ring (bicyclic) bond motifs is 1. The van der Waals surface area contributed by atoms with Gasteiger partial charge in [-0.1, -0.05) is 0 Å². The van der Waals surface area contributed by atoms with Crippen LogP contribution < -0.4 is 4.74 Å². The van der Waals surface area contributed by atoms with Crippen LogP contribution in [0.25, 0.3) is 5.65 Å². The molecule has 0 aliphatic carbocycles. The zero-order valence-electron chi connectivity index (χ0n) is 19.9. The minimum absolute atomic E-state index is 0.00131. The first-order chi connectivity index (χ1) is 16.1. The van der Waals surface area contributed by atoms with E-state index in [2.05, 4.69) is 10.1 Å². The molecule has 3 rings (SSSR count). The van der Waals surface area contributed by atoms with Gasteiger partial charge in [0.25, 0.3) is 0 Å². The Hall–Kier alpha value is -3.05. The predicted molar refractivity (Wildman–Crippen MR) is 116 cm³/mol. The Morgan fingerprint density at radius 1 is 1.06 bits per heavy atom. The molecular weight excluding hydrogens is 478 g/mol. The Morgan fingerprint density at radius 2 is 1.69 bits per heavy atom. The molecule has 0 aromatic carbocycles. The summed E-state index contributed by atoms with van der Waals surface area (Å²) in [5.74, 6) is -3.74. The van der Waals surface area contributed by atoms with Crippen LogP contribution in [-0.4, -0.2) is 43.9 Å². The Bertz CT molecular complexity index is 1230. The second kappa shape index (κ2) is 9.54. The molecule has 0 N–H and O–H groups in total. The van der Waals surface area contributed by atoms with Crippen LogP contribution in [0, 0.1) is 33.6 Å². The number of aryl methyl sites for hydroxylation is 4. The molecule has 6 nitrogen and oxygen atoms in total. The van der Waals surface area contributed by atoms with Gasteiger partial charge in [0, 0.05) is 36.8 Å². The molecule has 3 heterocycles. The van der Waals surface area contributed by atoms with E-state index in [4.69, 9.17) is 4.74 Å². The van der Waals surface area contributed by atoms with Gasteiger partial charge < -0.3 is 4.74 Å². The largest absolute Gasteiger partial charge is 0.490 e. The number of hydrogen-bond acceptors (Lipinski definition) is 4. The van der Waals surface area contributed by atoms with Gasteiger partial charge in [0.2, 0.25) is 0 Å². The first kappa shape index (κ1) is 26.6. The summed E-state index contributed by atoms with van der Waals surface area (Å²) in [5, 5.41) is 4.42. The fraction of sp³-hybridized carbons (Fsp3) is 0.522. The number of carbonyl (C=O) groups is 1. The summed E-state index contributed by atoms with van der Waals surface area (Å²) in [6, 6.07) is 1.46. The number of alkyl halides is 6. The Balaban J connectivity index is 1.90. The summed E-state index contributed by atoms with van der Waals surface area (Å²) in [4.78, 5) is 17.6. The molecule has 0 spiro atoms. The van der Waals surface area contributed by atoms with Gasteiger partial charge in [-0.05, 0) is 46.2 Å². The second-order valence-electron chi connectivity index (χ2n) is 8.46. The van der Waals surface area contributed by atoms with Crippen molar-refractivity contribution in [2.24, 2.45) is 5.92 Å². The number of carbonyl (C=O) groups excluding carboxylic acids is 1. The van der Waals surface area contributed by atoms with Crippen LogP contribution in [0.3, 0.4) is 0 Å². The van der Waals surface area contributed by atoms with Gasteiger partial charge in [-0.25, -0.2) is 4.98 Å². The summed E-state index contributed by atoms with van der Waals surface area (Å²) >= 11 is 0. The van der Waals surface area contributed by atoms with Crippen molar-refractivity contribution in [2.75, 3.05) is 6.61 Å². The van der Waals surface area contributed by atoms with E-state index in [0.717, 1.165) is 17.0 Å². The average Bonchev–Trinajstić information content (AvgIpc) is 3.19. The number of Topliss-reactive ketones (excluding diaryl/α,β-unsaturated/α-hetero) is 1. The molecule has 0 radical (unpaired) electrons. The molecule has 3 aromatic heterocycles. The molecule has 0 unspecified atom stereocenters. The number of imidazole rings is 1. The lowest BCUT2D eigenvalue weighted by atomic mass is 10.0. The van der Waals surface area contributed by atoms with E-state index in [1.54, 1.807) is 24.7 Å². The highest BCUT2D eigenvalue weighted by molar-refractivity contribution is 5.98. The first-order valence-corrected chi connectivity index (χ1v) is 11.0. The molecule has 0 saturated carbocycles. The number of hydrogen-bond donors (Lipinski definition) is 0. The maximum Gasteiger partial charge on any atom is 0.400 e. The fourth-order valence-electron chi connectivity index (χ4n) is 4.14. The third-order valence-electron chi connectivity index (χ3n) is 5.88. The van der Waals surface area contributed by atoms with Crippen LogP contribution in [0.1, 0.15) is 52.0 Å². The van der Waals surface area contributed by atoms with Crippen LogP contribution in [0.4, 0.5) is 26.3 Å². The number of ether oxygens (including phenoxy) is 1. The highest BCUT2D eigenvalue weighted by Gasteiger charge is 2.56. The molecule has 0 amide bonds. The number of halogens is 6. The molecule has 0 atom stereocenters. The monoisotopic (exact) mass is 504 g/mol. The van der Waals surface area contributed by atoms with Crippen molar-refractivity contribution in [2.45, 2.75) is 66.4 Å². The lowest BCUT2D eigenvalue weighted by Crippen LogP contribution is -2.37. The third-order valence-corrected chi connectivity index (χ3v) is 5.88. The van der Waals surface area contributed by atoms with Crippen molar-refractivity contribution in [1.82, 2.24) is 19.2 Å². The van der Waals surface area contributed by atoms with Crippen LogP contribution >= 0.6 is 0 Å². The van der Waals surface area contributed by atoms with Crippen molar-refractivity contribution in [1.29, 1.82) is 0 Å². The summed E-state index contributed by atoms with van der Waals surface area (Å²) in [5.41, 5.74) is 3.76. The molecule has 0 saturated heterocycles. The lowest BCUT2D eigenvalue weighted by molar-refractivity contribution is -0.286. The smallest absolute Gasteiger partial charge is 0.400 e. The van der Waals surface area contributed by atoms with Crippen LogP contribution in [0.15, 0.2) is 12.3 Å². The summed E-state index contributed by atoms with van der Waals surface area (Å²) < 4.78 is 85.6. The quantitative estimate of drug-likeness (QED) is 0.291. The first-order valence-electron chi connectivity index (χ1n) is 11.0. The summed E-state index contributed by atoms with van der Waals surface area (Å²) in [7, 11) is 0. The van der Waals surface area contributed by atoms with Crippen LogP contribution in [0.2, 0.25) is 0 Å². The number of ketones is 1. The number of nitrogens with zero attached hydrogens (tertiary/aromatic N) is 4. The molecule has 3 aromatic rings. The number of pyridine rings is 1. The number of rotatable bonds is 8. The standard InChI is InChI=1S/C23H26F6N4O2/c1-6-33-15(5)16(13(3)31-33)10-17(34)20-14(4)30-21-18(9-12(2)11-32(20)21)35-8-7-19(22(24,25)26)23(27,28)29/h9,11,19H,6-8,10H2,1-5H3. The van der Waals surface area contributed by atoms with E-state index < -0.39 is 31.3 Å². The van der Waals surface area contributed by atoms with Gasteiger partial charge in [-0.3, -0.25) is 13.9 Å². The molecule has 0 bridgehead atoms. The zero-order valence-corrected chi connectivity index (χ0v) is 19.9. The van der Waals surface area contributed by atoms with E-state index >= 15 is 0 Å². The molecule has 0 aliphatic rings. The maximum absolute atomic E-state index is 13.3. The highest BCUT2D eigenvalue weighted by atomic mass is 19.4. The zero-order chi connectivity index (χ0) is 26.3. The Labute approximate surface area is 197 Å². The molecule has 0 aliphatic heterocycles. The predicted octanol–water partition coefficient (Wildman–Crippen LogP) is 5.72.